The van der Waals surface area contributed by atoms with Crippen LogP contribution in [0.25, 0.3) is 0 Å². The minimum absolute atomic E-state index is 0.295. The standard InChI is InChI=1S/C26H34ClN9O2S/c1-34-13-15-35(16-14-34)20-9-11-36(12-10-20)24-8-7-19(17-28-24)30-26-29-18-21(27)25(32-26)31-22-5-3-4-6-23(22)33-39(2,37)38/h3-8,17-18,20,33H,9-16H2,1-2H3,(H2,29,30,31,32). The van der Waals surface area contributed by atoms with E-state index in [-0.39, 0.29) is 0 Å². The van der Waals surface area contributed by atoms with Crippen LogP contribution in [0.2, 0.25) is 5.02 Å². The summed E-state index contributed by atoms with van der Waals surface area (Å²) >= 11 is 6.33. The molecular weight excluding hydrogens is 538 g/mol. The van der Waals surface area contributed by atoms with Crippen LogP contribution >= 0.6 is 11.6 Å². The Morgan fingerprint density at radius 2 is 1.62 bits per heavy atom. The maximum absolute atomic E-state index is 11.7. The van der Waals surface area contributed by atoms with E-state index in [0.29, 0.717) is 34.2 Å². The molecular formula is C26H34ClN9O2S. The summed E-state index contributed by atoms with van der Waals surface area (Å²) in [6, 6.07) is 11.5. The van der Waals surface area contributed by atoms with E-state index in [0.717, 1.165) is 69.9 Å². The van der Waals surface area contributed by atoms with E-state index in [1.54, 1.807) is 30.5 Å². The lowest BCUT2D eigenvalue weighted by molar-refractivity contribution is 0.0981. The van der Waals surface area contributed by atoms with Gasteiger partial charge in [0.25, 0.3) is 0 Å². The normalized spacial score (nSPS) is 17.7. The SMILES string of the molecule is CN1CCN(C2CCN(c3ccc(Nc4ncc(Cl)c(Nc5ccccc5NS(C)(=O)=O)n4)cn3)CC2)CC1. The Balaban J connectivity index is 1.20. The Labute approximate surface area is 234 Å². The van der Waals surface area contributed by atoms with Crippen molar-refractivity contribution in [1.82, 2.24) is 24.8 Å². The fourth-order valence-electron chi connectivity index (χ4n) is 4.95. The Morgan fingerprint density at radius 1 is 0.897 bits per heavy atom. The Bertz CT molecular complexity index is 1370. The van der Waals surface area contributed by atoms with Crippen molar-refractivity contribution < 1.29 is 8.42 Å². The fraction of sp³-hybridized carbons (Fsp3) is 0.423. The maximum Gasteiger partial charge on any atom is 0.229 e. The highest BCUT2D eigenvalue weighted by Gasteiger charge is 2.27. The zero-order chi connectivity index (χ0) is 27.4. The summed E-state index contributed by atoms with van der Waals surface area (Å²) in [4.78, 5) is 20.8. The molecule has 3 aromatic rings. The van der Waals surface area contributed by atoms with Crippen LogP contribution in [0.5, 0.6) is 0 Å². The molecule has 11 nitrogen and oxygen atoms in total. The first-order valence-corrected chi connectivity index (χ1v) is 15.3. The molecule has 0 atom stereocenters. The second-order valence-electron chi connectivity index (χ2n) is 10.0. The third-order valence-corrected chi connectivity index (χ3v) is 7.93. The van der Waals surface area contributed by atoms with Crippen molar-refractivity contribution in [3.05, 3.63) is 53.8 Å². The molecule has 3 N–H and O–H groups in total. The first-order chi connectivity index (χ1) is 18.7. The number of anilines is 6. The van der Waals surface area contributed by atoms with Crippen LogP contribution in [0, 0.1) is 0 Å². The average Bonchev–Trinajstić information content (AvgIpc) is 2.92. The van der Waals surface area contributed by atoms with Crippen molar-refractivity contribution in [2.45, 2.75) is 18.9 Å². The second kappa shape index (κ2) is 11.9. The highest BCUT2D eigenvalue weighted by Crippen LogP contribution is 2.30. The molecule has 1 aromatic carbocycles. The highest BCUT2D eigenvalue weighted by molar-refractivity contribution is 7.92. The number of likely N-dealkylation sites (N-methyl/N-ethyl adjacent to an activating group) is 1. The van der Waals surface area contributed by atoms with Crippen LogP contribution in [0.1, 0.15) is 12.8 Å². The Morgan fingerprint density at radius 3 is 2.28 bits per heavy atom. The molecule has 0 radical (unpaired) electrons. The van der Waals surface area contributed by atoms with Crippen molar-refractivity contribution in [3.8, 4) is 0 Å². The average molecular weight is 572 g/mol. The van der Waals surface area contributed by atoms with Gasteiger partial charge in [-0.25, -0.2) is 18.4 Å². The number of sulfonamides is 1. The van der Waals surface area contributed by atoms with Crippen molar-refractivity contribution in [1.29, 1.82) is 0 Å². The zero-order valence-electron chi connectivity index (χ0n) is 22.1. The smallest absolute Gasteiger partial charge is 0.229 e. The molecule has 0 amide bonds. The van der Waals surface area contributed by atoms with E-state index in [1.165, 1.54) is 6.20 Å². The molecule has 2 aliphatic heterocycles. The number of aromatic nitrogens is 3. The van der Waals surface area contributed by atoms with Crippen molar-refractivity contribution >= 4 is 56.3 Å². The second-order valence-corrected chi connectivity index (χ2v) is 12.2. The monoisotopic (exact) mass is 571 g/mol. The minimum Gasteiger partial charge on any atom is -0.357 e. The van der Waals surface area contributed by atoms with Crippen LogP contribution in [0.3, 0.4) is 0 Å². The fourth-order valence-corrected chi connectivity index (χ4v) is 5.66. The predicted molar refractivity (Wildman–Crippen MR) is 157 cm³/mol. The zero-order valence-corrected chi connectivity index (χ0v) is 23.7. The van der Waals surface area contributed by atoms with E-state index >= 15 is 0 Å². The quantitative estimate of drug-likeness (QED) is 0.370. The summed E-state index contributed by atoms with van der Waals surface area (Å²) < 4.78 is 26.0. The van der Waals surface area contributed by atoms with Gasteiger partial charge in [0.2, 0.25) is 16.0 Å². The molecule has 5 rings (SSSR count). The van der Waals surface area contributed by atoms with Crippen molar-refractivity contribution in [2.75, 3.05) is 72.8 Å². The number of nitrogens with one attached hydrogen (secondary N) is 3. The van der Waals surface area contributed by atoms with Gasteiger partial charge in [-0.15, -0.1) is 0 Å². The molecule has 0 saturated carbocycles. The van der Waals surface area contributed by atoms with Gasteiger partial charge in [0, 0.05) is 45.3 Å². The van der Waals surface area contributed by atoms with Crippen molar-refractivity contribution in [3.63, 3.8) is 0 Å². The number of hydrogen-bond acceptors (Lipinski definition) is 10. The molecule has 0 aliphatic carbocycles. The third kappa shape index (κ3) is 7.27. The van der Waals surface area contributed by atoms with Gasteiger partial charge >= 0.3 is 0 Å². The molecule has 0 bridgehead atoms. The molecule has 2 fully saturated rings. The summed E-state index contributed by atoms with van der Waals surface area (Å²) in [5.41, 5.74) is 1.65. The topological polar surface area (TPSA) is 119 Å². The highest BCUT2D eigenvalue weighted by atomic mass is 35.5. The van der Waals surface area contributed by atoms with E-state index in [1.807, 2.05) is 12.1 Å². The number of benzene rings is 1. The number of para-hydroxylation sites is 2. The number of rotatable bonds is 8. The summed E-state index contributed by atoms with van der Waals surface area (Å²) in [6.45, 7) is 6.63. The number of pyridine rings is 1. The molecule has 39 heavy (non-hydrogen) atoms. The first-order valence-electron chi connectivity index (χ1n) is 13.0. The molecule has 208 valence electrons. The lowest BCUT2D eigenvalue weighted by atomic mass is 10.0. The van der Waals surface area contributed by atoms with Gasteiger partial charge < -0.3 is 20.4 Å². The molecule has 2 aromatic heterocycles. The van der Waals surface area contributed by atoms with Crippen LogP contribution in [0.4, 0.5) is 34.6 Å². The predicted octanol–water partition coefficient (Wildman–Crippen LogP) is 3.60. The molecule has 13 heteroatoms. The summed E-state index contributed by atoms with van der Waals surface area (Å²) in [6.07, 6.45) is 6.67. The number of hydrogen-bond donors (Lipinski definition) is 3. The number of halogens is 1. The van der Waals surface area contributed by atoms with Crippen LogP contribution in [-0.4, -0.2) is 91.8 Å². The third-order valence-electron chi connectivity index (χ3n) is 7.07. The van der Waals surface area contributed by atoms with E-state index < -0.39 is 10.0 Å². The first kappa shape index (κ1) is 27.4. The Hall–Kier alpha value is -3.19. The molecule has 0 spiro atoms. The number of piperidine rings is 1. The van der Waals surface area contributed by atoms with Gasteiger partial charge in [-0.1, -0.05) is 23.7 Å². The summed E-state index contributed by atoms with van der Waals surface area (Å²) in [5, 5.41) is 6.56. The van der Waals surface area contributed by atoms with Gasteiger partial charge in [-0.2, -0.15) is 4.98 Å². The van der Waals surface area contributed by atoms with Gasteiger partial charge in [0.05, 0.1) is 35.7 Å². The summed E-state index contributed by atoms with van der Waals surface area (Å²) in [7, 11) is -1.26. The van der Waals surface area contributed by atoms with Crippen LogP contribution < -0.4 is 20.3 Å². The van der Waals surface area contributed by atoms with Crippen LogP contribution in [0.15, 0.2) is 48.8 Å². The molecule has 4 heterocycles. The van der Waals surface area contributed by atoms with Gasteiger partial charge in [-0.05, 0) is 44.2 Å². The largest absolute Gasteiger partial charge is 0.357 e. The lowest BCUT2D eigenvalue weighted by Crippen LogP contribution is -2.52. The lowest BCUT2D eigenvalue weighted by Gasteiger charge is -2.42. The van der Waals surface area contributed by atoms with Gasteiger partial charge in [0.1, 0.15) is 10.8 Å². The van der Waals surface area contributed by atoms with E-state index in [2.05, 4.69) is 52.1 Å². The molecule has 2 aliphatic rings. The van der Waals surface area contributed by atoms with E-state index in [9.17, 15) is 8.42 Å². The minimum atomic E-state index is -3.45. The van der Waals surface area contributed by atoms with Crippen LogP contribution in [-0.2, 0) is 10.0 Å². The van der Waals surface area contributed by atoms with Crippen molar-refractivity contribution in [2.24, 2.45) is 0 Å². The molecule has 0 unspecified atom stereocenters. The van der Waals surface area contributed by atoms with E-state index in [4.69, 9.17) is 11.6 Å². The van der Waals surface area contributed by atoms with Gasteiger partial charge in [-0.3, -0.25) is 9.62 Å². The summed E-state index contributed by atoms with van der Waals surface area (Å²) in [5.74, 6) is 1.63. The van der Waals surface area contributed by atoms with Gasteiger partial charge in [0.15, 0.2) is 5.82 Å². The maximum atomic E-state index is 11.7. The number of nitrogens with zero attached hydrogens (tertiary/aromatic N) is 6. The molecule has 2 saturated heterocycles. The number of piperazine rings is 1. The Kier molecular flexibility index (Phi) is 8.36.